The van der Waals surface area contributed by atoms with Crippen LogP contribution in [-0.2, 0) is 0 Å². The van der Waals surface area contributed by atoms with Gasteiger partial charge in [-0.1, -0.05) is 20.3 Å². The van der Waals surface area contributed by atoms with E-state index in [1.807, 2.05) is 23.8 Å². The topological polar surface area (TPSA) is 114 Å². The Bertz CT molecular complexity index is 1150. The predicted molar refractivity (Wildman–Crippen MR) is 118 cm³/mol. The second-order valence-electron chi connectivity index (χ2n) is 7.38. The summed E-state index contributed by atoms with van der Waals surface area (Å²) < 4.78 is 1.75. The minimum Gasteiger partial charge on any atom is -0.347 e. The van der Waals surface area contributed by atoms with Crippen LogP contribution >= 0.6 is 11.3 Å². The van der Waals surface area contributed by atoms with E-state index in [4.69, 9.17) is 5.73 Å². The van der Waals surface area contributed by atoms with E-state index in [1.54, 1.807) is 23.1 Å². The number of hydrogen-bond donors (Lipinski definition) is 3. The summed E-state index contributed by atoms with van der Waals surface area (Å²) in [6.07, 6.45) is 13.2. The Labute approximate surface area is 178 Å². The monoisotopic (exact) mass is 423 g/mol. The number of H-pyrrole nitrogens is 1. The summed E-state index contributed by atoms with van der Waals surface area (Å²) in [7, 11) is 0. The molecule has 0 bridgehead atoms. The summed E-state index contributed by atoms with van der Waals surface area (Å²) in [5, 5.41) is 16.3. The van der Waals surface area contributed by atoms with Crippen molar-refractivity contribution in [3.05, 3.63) is 47.3 Å². The first-order chi connectivity index (χ1) is 14.2. The Balaban J connectivity index is 0.00000218. The lowest BCUT2D eigenvalue weighted by Crippen LogP contribution is -2.49. The van der Waals surface area contributed by atoms with Crippen LogP contribution in [0.3, 0.4) is 0 Å². The van der Waals surface area contributed by atoms with E-state index in [1.165, 1.54) is 11.3 Å². The molecule has 156 valence electrons. The maximum absolute atomic E-state index is 12.7. The molecule has 5 rings (SSSR count). The molecule has 4 N–H and O–H groups in total. The van der Waals surface area contributed by atoms with Gasteiger partial charge < -0.3 is 11.1 Å². The van der Waals surface area contributed by atoms with E-state index in [9.17, 15) is 4.79 Å². The van der Waals surface area contributed by atoms with Crippen LogP contribution in [0.2, 0.25) is 0 Å². The van der Waals surface area contributed by atoms with Crippen LogP contribution in [0.5, 0.6) is 0 Å². The number of aromatic amines is 1. The van der Waals surface area contributed by atoms with Crippen molar-refractivity contribution in [2.75, 3.05) is 0 Å². The zero-order chi connectivity index (χ0) is 19.8. The first kappa shape index (κ1) is 20.2. The molecular weight excluding hydrogens is 398 g/mol. The number of aromatic nitrogens is 5. The zero-order valence-corrected chi connectivity index (χ0v) is 16.5. The minimum atomic E-state index is -0.0599. The van der Waals surface area contributed by atoms with Crippen molar-refractivity contribution in [3.63, 3.8) is 0 Å². The fraction of sp³-hybridized carbons (Fsp3) is 0.333. The molecule has 2 atom stereocenters. The first-order valence-electron chi connectivity index (χ1n) is 9.67. The van der Waals surface area contributed by atoms with Gasteiger partial charge in [-0.3, -0.25) is 9.89 Å². The van der Waals surface area contributed by atoms with Crippen molar-refractivity contribution in [3.8, 4) is 22.3 Å². The molecule has 0 aromatic carbocycles. The molecule has 0 unspecified atom stereocenters. The van der Waals surface area contributed by atoms with Gasteiger partial charge in [0, 0.05) is 47.4 Å². The van der Waals surface area contributed by atoms with Crippen LogP contribution < -0.4 is 11.1 Å². The minimum absolute atomic E-state index is 0. The molecule has 4 aromatic heterocycles. The van der Waals surface area contributed by atoms with E-state index in [-0.39, 0.29) is 25.4 Å². The number of carbonyl (C=O) groups is 1. The predicted octanol–water partition coefficient (Wildman–Crippen LogP) is 3.48. The number of amides is 1. The summed E-state index contributed by atoms with van der Waals surface area (Å²) in [6, 6.07) is 2.00. The van der Waals surface area contributed by atoms with Crippen molar-refractivity contribution >= 4 is 22.9 Å². The Morgan fingerprint density at radius 3 is 2.87 bits per heavy atom. The van der Waals surface area contributed by atoms with Gasteiger partial charge in [0.15, 0.2) is 5.65 Å². The Morgan fingerprint density at radius 2 is 2.07 bits per heavy atom. The molecule has 1 amide bonds. The molecule has 0 aliphatic heterocycles. The van der Waals surface area contributed by atoms with Gasteiger partial charge >= 0.3 is 0 Å². The number of fused-ring (bicyclic) bond motifs is 1. The first-order valence-corrected chi connectivity index (χ1v) is 10.5. The van der Waals surface area contributed by atoms with E-state index in [2.05, 4.69) is 25.6 Å². The molecule has 9 heteroatoms. The number of nitrogens with one attached hydrogen (secondary N) is 2. The SMILES string of the molecule is C.N[C@H]1CCCC[C@@H]1NC(=O)c1cc(-c2cnn3cc(-c4cn[nH]c4)cnc23)cs1. The normalized spacial score (nSPS) is 18.8. The van der Waals surface area contributed by atoms with Gasteiger partial charge in [0.25, 0.3) is 5.91 Å². The molecule has 4 heterocycles. The highest BCUT2D eigenvalue weighted by Crippen LogP contribution is 2.29. The number of nitrogens with two attached hydrogens (primary N) is 1. The van der Waals surface area contributed by atoms with Gasteiger partial charge in [-0.25, -0.2) is 9.50 Å². The number of hydrogen-bond acceptors (Lipinski definition) is 6. The van der Waals surface area contributed by atoms with E-state index < -0.39 is 0 Å². The van der Waals surface area contributed by atoms with Crippen molar-refractivity contribution in [1.29, 1.82) is 0 Å². The molecule has 0 radical (unpaired) electrons. The molecule has 1 aliphatic carbocycles. The number of thiophene rings is 1. The lowest BCUT2D eigenvalue weighted by molar-refractivity contribution is 0.0925. The highest BCUT2D eigenvalue weighted by molar-refractivity contribution is 7.12. The molecule has 0 spiro atoms. The highest BCUT2D eigenvalue weighted by atomic mass is 32.1. The molecule has 0 saturated heterocycles. The third-order valence-electron chi connectivity index (χ3n) is 5.46. The number of rotatable bonds is 4. The van der Waals surface area contributed by atoms with Crippen molar-refractivity contribution in [2.24, 2.45) is 5.73 Å². The average molecular weight is 424 g/mol. The van der Waals surface area contributed by atoms with Crippen molar-refractivity contribution < 1.29 is 4.79 Å². The molecular formula is C21H25N7OS. The molecule has 1 fully saturated rings. The van der Waals surface area contributed by atoms with E-state index >= 15 is 0 Å². The number of carbonyl (C=O) groups excluding carboxylic acids is 1. The van der Waals surface area contributed by atoms with Crippen LogP contribution in [-0.4, -0.2) is 42.8 Å². The van der Waals surface area contributed by atoms with E-state index in [0.29, 0.717) is 4.88 Å². The van der Waals surface area contributed by atoms with Gasteiger partial charge in [0.2, 0.25) is 0 Å². The van der Waals surface area contributed by atoms with Crippen LogP contribution in [0, 0.1) is 0 Å². The maximum atomic E-state index is 12.7. The third kappa shape index (κ3) is 3.73. The summed E-state index contributed by atoms with van der Waals surface area (Å²) in [5.41, 5.74) is 10.6. The van der Waals surface area contributed by atoms with Gasteiger partial charge in [-0.2, -0.15) is 10.2 Å². The lowest BCUT2D eigenvalue weighted by atomic mass is 9.91. The van der Waals surface area contributed by atoms with Gasteiger partial charge in [0.05, 0.1) is 17.3 Å². The Kier molecular flexibility index (Phi) is 5.65. The molecule has 8 nitrogen and oxygen atoms in total. The largest absolute Gasteiger partial charge is 0.347 e. The second-order valence-corrected chi connectivity index (χ2v) is 8.30. The summed E-state index contributed by atoms with van der Waals surface area (Å²) in [5.74, 6) is -0.0599. The smallest absolute Gasteiger partial charge is 0.261 e. The van der Waals surface area contributed by atoms with Crippen LogP contribution in [0.1, 0.15) is 42.8 Å². The maximum Gasteiger partial charge on any atom is 0.261 e. The Hall–Kier alpha value is -3.04. The fourth-order valence-electron chi connectivity index (χ4n) is 3.81. The third-order valence-corrected chi connectivity index (χ3v) is 6.39. The quantitative estimate of drug-likeness (QED) is 0.465. The van der Waals surface area contributed by atoms with Crippen LogP contribution in [0.25, 0.3) is 27.9 Å². The van der Waals surface area contributed by atoms with Crippen molar-refractivity contribution in [1.82, 2.24) is 30.1 Å². The molecule has 1 saturated carbocycles. The lowest BCUT2D eigenvalue weighted by Gasteiger charge is -2.29. The fourth-order valence-corrected chi connectivity index (χ4v) is 4.62. The summed E-state index contributed by atoms with van der Waals surface area (Å²) in [6.45, 7) is 0. The zero-order valence-electron chi connectivity index (χ0n) is 15.7. The van der Waals surface area contributed by atoms with Gasteiger partial charge in [-0.05, 0) is 29.9 Å². The second kappa shape index (κ2) is 8.37. The summed E-state index contributed by atoms with van der Waals surface area (Å²) >= 11 is 1.43. The van der Waals surface area contributed by atoms with Gasteiger partial charge in [-0.15, -0.1) is 11.3 Å². The van der Waals surface area contributed by atoms with Crippen LogP contribution in [0.15, 0.2) is 42.4 Å². The summed E-state index contributed by atoms with van der Waals surface area (Å²) in [4.78, 5) is 17.9. The van der Waals surface area contributed by atoms with Crippen molar-refractivity contribution in [2.45, 2.75) is 45.2 Å². The standard InChI is InChI=1S/C20H21N7OS.CH4/c21-16-3-1-2-4-17(16)26-20(28)18-5-12(11-29-18)15-9-25-27-10-14(6-22-19(15)27)13-7-23-24-8-13;/h5-11,16-17H,1-4,21H2,(H,23,24)(H,26,28);1H4/t16-,17-;/m0./s1. The Morgan fingerprint density at radius 1 is 1.20 bits per heavy atom. The molecule has 4 aromatic rings. The van der Waals surface area contributed by atoms with Gasteiger partial charge in [0.1, 0.15) is 0 Å². The van der Waals surface area contributed by atoms with E-state index in [0.717, 1.165) is 53.6 Å². The molecule has 30 heavy (non-hydrogen) atoms. The average Bonchev–Trinajstić information content (AvgIpc) is 3.49. The molecule has 1 aliphatic rings. The highest BCUT2D eigenvalue weighted by Gasteiger charge is 2.24. The van der Waals surface area contributed by atoms with Crippen LogP contribution in [0.4, 0.5) is 0 Å². The number of nitrogens with zero attached hydrogens (tertiary/aromatic N) is 4.